The van der Waals surface area contributed by atoms with E-state index < -0.39 is 6.10 Å². The molecule has 0 aliphatic carbocycles. The number of amides is 1. The van der Waals surface area contributed by atoms with Crippen LogP contribution >= 0.6 is 23.2 Å². The van der Waals surface area contributed by atoms with Crippen LogP contribution in [-0.4, -0.2) is 12.0 Å². The Hall–Kier alpha value is -1.78. The summed E-state index contributed by atoms with van der Waals surface area (Å²) in [7, 11) is 0. The first-order valence-corrected chi connectivity index (χ1v) is 7.42. The minimum atomic E-state index is -0.705. The second kappa shape index (κ2) is 7.47. The SMILES string of the molecule is CC[C@@H](Oc1ccc(F)cc1)C(=O)Nc1cc(Cl)cc(Cl)c1. The van der Waals surface area contributed by atoms with Crippen LogP contribution in [0.4, 0.5) is 10.1 Å². The van der Waals surface area contributed by atoms with Crippen molar-refractivity contribution in [2.75, 3.05) is 5.32 Å². The first-order valence-electron chi connectivity index (χ1n) is 6.67. The normalized spacial score (nSPS) is 11.8. The van der Waals surface area contributed by atoms with E-state index in [0.29, 0.717) is 27.9 Å². The lowest BCUT2D eigenvalue weighted by Crippen LogP contribution is -2.32. The molecule has 0 aliphatic rings. The quantitative estimate of drug-likeness (QED) is 0.837. The van der Waals surface area contributed by atoms with Gasteiger partial charge in [-0.15, -0.1) is 0 Å². The minimum Gasteiger partial charge on any atom is -0.481 e. The molecule has 0 saturated carbocycles. The van der Waals surface area contributed by atoms with E-state index in [1.165, 1.54) is 24.3 Å². The van der Waals surface area contributed by atoms with Crippen molar-refractivity contribution in [1.82, 2.24) is 0 Å². The Kier molecular flexibility index (Phi) is 5.63. The van der Waals surface area contributed by atoms with Gasteiger partial charge in [0.15, 0.2) is 6.10 Å². The zero-order valence-electron chi connectivity index (χ0n) is 11.8. The molecule has 1 N–H and O–H groups in total. The first-order chi connectivity index (χ1) is 10.5. The zero-order chi connectivity index (χ0) is 16.1. The number of ether oxygens (including phenoxy) is 1. The van der Waals surface area contributed by atoms with Gasteiger partial charge in [0.2, 0.25) is 0 Å². The molecule has 1 atom stereocenters. The van der Waals surface area contributed by atoms with Crippen molar-refractivity contribution in [1.29, 1.82) is 0 Å². The average molecular weight is 342 g/mol. The average Bonchev–Trinajstić information content (AvgIpc) is 2.45. The fourth-order valence-electron chi connectivity index (χ4n) is 1.85. The summed E-state index contributed by atoms with van der Waals surface area (Å²) in [5, 5.41) is 3.55. The summed E-state index contributed by atoms with van der Waals surface area (Å²) >= 11 is 11.8. The molecule has 2 rings (SSSR count). The molecule has 0 heterocycles. The monoisotopic (exact) mass is 341 g/mol. The molecule has 0 aromatic heterocycles. The first kappa shape index (κ1) is 16.6. The number of carbonyl (C=O) groups excluding carboxylic acids is 1. The molecule has 0 aliphatic heterocycles. The number of carbonyl (C=O) groups is 1. The van der Waals surface area contributed by atoms with Gasteiger partial charge in [0.05, 0.1) is 0 Å². The molecule has 116 valence electrons. The maximum absolute atomic E-state index is 12.9. The Morgan fingerprint density at radius 2 is 1.77 bits per heavy atom. The van der Waals surface area contributed by atoms with E-state index in [4.69, 9.17) is 27.9 Å². The molecule has 0 bridgehead atoms. The van der Waals surface area contributed by atoms with Crippen molar-refractivity contribution in [3.05, 3.63) is 58.3 Å². The van der Waals surface area contributed by atoms with Crippen LogP contribution in [0.2, 0.25) is 10.0 Å². The maximum Gasteiger partial charge on any atom is 0.265 e. The third-order valence-electron chi connectivity index (χ3n) is 2.89. The molecule has 2 aromatic rings. The van der Waals surface area contributed by atoms with Crippen molar-refractivity contribution in [2.24, 2.45) is 0 Å². The summed E-state index contributed by atoms with van der Waals surface area (Å²) in [6.45, 7) is 1.82. The van der Waals surface area contributed by atoms with Gasteiger partial charge in [-0.3, -0.25) is 4.79 Å². The third-order valence-corrected chi connectivity index (χ3v) is 3.32. The third kappa shape index (κ3) is 4.61. The predicted octanol–water partition coefficient (Wildman–Crippen LogP) is 4.93. The molecule has 1 amide bonds. The topological polar surface area (TPSA) is 38.3 Å². The van der Waals surface area contributed by atoms with E-state index in [1.54, 1.807) is 18.2 Å². The number of nitrogens with one attached hydrogen (secondary N) is 1. The number of anilines is 1. The molecule has 6 heteroatoms. The van der Waals surface area contributed by atoms with Crippen LogP contribution in [0.5, 0.6) is 5.75 Å². The molecule has 0 unspecified atom stereocenters. The lowest BCUT2D eigenvalue weighted by atomic mass is 10.2. The van der Waals surface area contributed by atoms with Gasteiger partial charge in [0, 0.05) is 15.7 Å². The lowest BCUT2D eigenvalue weighted by molar-refractivity contribution is -0.122. The zero-order valence-corrected chi connectivity index (χ0v) is 13.3. The fourth-order valence-corrected chi connectivity index (χ4v) is 2.37. The van der Waals surface area contributed by atoms with Gasteiger partial charge in [-0.05, 0) is 48.9 Å². The van der Waals surface area contributed by atoms with Gasteiger partial charge >= 0.3 is 0 Å². The Morgan fingerprint density at radius 3 is 2.32 bits per heavy atom. The summed E-state index contributed by atoms with van der Waals surface area (Å²) in [6.07, 6.45) is -0.249. The molecule has 0 radical (unpaired) electrons. The summed E-state index contributed by atoms with van der Waals surface area (Å²) in [5.41, 5.74) is 0.489. The van der Waals surface area contributed by atoms with Crippen LogP contribution in [0.15, 0.2) is 42.5 Å². The van der Waals surface area contributed by atoms with Crippen LogP contribution in [0.3, 0.4) is 0 Å². The van der Waals surface area contributed by atoms with Crippen molar-refractivity contribution < 1.29 is 13.9 Å². The fraction of sp³-hybridized carbons (Fsp3) is 0.188. The highest BCUT2D eigenvalue weighted by atomic mass is 35.5. The highest BCUT2D eigenvalue weighted by Gasteiger charge is 2.19. The summed E-state index contributed by atoms with van der Waals surface area (Å²) in [4.78, 5) is 12.2. The van der Waals surface area contributed by atoms with Crippen LogP contribution < -0.4 is 10.1 Å². The van der Waals surface area contributed by atoms with Gasteiger partial charge in [0.1, 0.15) is 11.6 Å². The van der Waals surface area contributed by atoms with Gasteiger partial charge in [-0.1, -0.05) is 30.1 Å². The number of benzene rings is 2. The Labute approximate surface area is 138 Å². The molecule has 22 heavy (non-hydrogen) atoms. The highest BCUT2D eigenvalue weighted by Crippen LogP contribution is 2.23. The largest absolute Gasteiger partial charge is 0.481 e. The number of hydrogen-bond acceptors (Lipinski definition) is 2. The molecular formula is C16H14Cl2FNO2. The molecule has 2 aromatic carbocycles. The predicted molar refractivity (Wildman–Crippen MR) is 86.2 cm³/mol. The summed E-state index contributed by atoms with van der Waals surface area (Å²) < 4.78 is 18.4. The van der Waals surface area contributed by atoms with E-state index in [0.717, 1.165) is 0 Å². The summed E-state index contributed by atoms with van der Waals surface area (Å²) in [5.74, 6) is -0.267. The van der Waals surface area contributed by atoms with Crippen LogP contribution in [0, 0.1) is 5.82 Å². The Bertz CT molecular complexity index is 641. The molecule has 0 fully saturated rings. The van der Waals surface area contributed by atoms with Crippen molar-refractivity contribution in [3.8, 4) is 5.75 Å². The van der Waals surface area contributed by atoms with Crippen LogP contribution in [0.1, 0.15) is 13.3 Å². The molecular weight excluding hydrogens is 328 g/mol. The molecule has 3 nitrogen and oxygen atoms in total. The molecule has 0 spiro atoms. The van der Waals surface area contributed by atoms with E-state index in [1.807, 2.05) is 6.92 Å². The maximum atomic E-state index is 12.9. The number of rotatable bonds is 5. The van der Waals surface area contributed by atoms with Crippen molar-refractivity contribution in [2.45, 2.75) is 19.4 Å². The van der Waals surface area contributed by atoms with E-state index in [2.05, 4.69) is 5.32 Å². The van der Waals surface area contributed by atoms with E-state index >= 15 is 0 Å². The number of halogens is 3. The van der Waals surface area contributed by atoms with E-state index in [-0.39, 0.29) is 11.7 Å². The van der Waals surface area contributed by atoms with Crippen molar-refractivity contribution >= 4 is 34.8 Å². The van der Waals surface area contributed by atoms with Gasteiger partial charge < -0.3 is 10.1 Å². The smallest absolute Gasteiger partial charge is 0.265 e. The minimum absolute atomic E-state index is 0.329. The second-order valence-corrected chi connectivity index (χ2v) is 5.49. The van der Waals surface area contributed by atoms with Gasteiger partial charge in [-0.25, -0.2) is 4.39 Å². The van der Waals surface area contributed by atoms with Gasteiger partial charge in [-0.2, -0.15) is 0 Å². The Morgan fingerprint density at radius 1 is 1.18 bits per heavy atom. The van der Waals surface area contributed by atoms with Crippen molar-refractivity contribution in [3.63, 3.8) is 0 Å². The van der Waals surface area contributed by atoms with Crippen LogP contribution in [0.25, 0.3) is 0 Å². The lowest BCUT2D eigenvalue weighted by Gasteiger charge is -2.17. The standard InChI is InChI=1S/C16H14Cl2FNO2/c1-2-15(22-14-5-3-12(19)4-6-14)16(21)20-13-8-10(17)7-11(18)9-13/h3-9,15H,2H2,1H3,(H,20,21)/t15-/m1/s1. The second-order valence-electron chi connectivity index (χ2n) is 4.62. The Balaban J connectivity index is 2.06. The van der Waals surface area contributed by atoms with E-state index in [9.17, 15) is 9.18 Å². The van der Waals surface area contributed by atoms with Gasteiger partial charge in [0.25, 0.3) is 5.91 Å². The summed E-state index contributed by atoms with van der Waals surface area (Å²) in [6, 6.07) is 10.3. The van der Waals surface area contributed by atoms with Crippen LogP contribution in [-0.2, 0) is 4.79 Å². The highest BCUT2D eigenvalue weighted by molar-refractivity contribution is 6.35. The number of hydrogen-bond donors (Lipinski definition) is 1. The molecule has 0 saturated heterocycles.